The number of ether oxygens (including phenoxy) is 1. The van der Waals surface area contributed by atoms with Crippen molar-refractivity contribution in [2.75, 3.05) is 12.4 Å². The molecule has 0 amide bonds. The molecule has 4 N–H and O–H groups in total. The second-order valence-corrected chi connectivity index (χ2v) is 9.18. The Morgan fingerprint density at radius 2 is 1.94 bits per heavy atom. The zero-order chi connectivity index (χ0) is 25.9. The summed E-state index contributed by atoms with van der Waals surface area (Å²) < 4.78 is 5.62. The largest absolute Gasteiger partial charge is 0.512 e. The molecule has 1 aromatic carbocycles. The van der Waals surface area contributed by atoms with Gasteiger partial charge >= 0.3 is 0 Å². The van der Waals surface area contributed by atoms with E-state index in [2.05, 4.69) is 57.0 Å². The van der Waals surface area contributed by atoms with Gasteiger partial charge in [0.25, 0.3) is 0 Å². The molecule has 1 aliphatic rings. The van der Waals surface area contributed by atoms with E-state index in [0.717, 1.165) is 35.1 Å². The molecule has 186 valence electrons. The van der Waals surface area contributed by atoms with Crippen LogP contribution in [0.4, 0.5) is 5.82 Å². The first kappa shape index (κ1) is 24.9. The van der Waals surface area contributed by atoms with Crippen molar-refractivity contribution in [3.05, 3.63) is 84.3 Å². The number of aromatic nitrogens is 3. The lowest BCUT2D eigenvalue weighted by Crippen LogP contribution is -2.17. The number of allylic oxidation sites excluding steroid dienone is 1. The number of benzene rings is 1. The number of amidine groups is 1. The van der Waals surface area contributed by atoms with Gasteiger partial charge in [-0.1, -0.05) is 30.8 Å². The number of hydrogen-bond donors (Lipinski definition) is 3. The van der Waals surface area contributed by atoms with Crippen molar-refractivity contribution >= 4 is 17.2 Å². The normalized spacial score (nSPS) is 15.0. The molecule has 36 heavy (non-hydrogen) atoms. The average molecular weight is 485 g/mol. The molecule has 8 heteroatoms. The van der Waals surface area contributed by atoms with Gasteiger partial charge in [0.2, 0.25) is 5.88 Å². The topological polar surface area (TPSA) is 119 Å². The van der Waals surface area contributed by atoms with Crippen molar-refractivity contribution in [2.24, 2.45) is 10.7 Å². The van der Waals surface area contributed by atoms with E-state index in [9.17, 15) is 5.11 Å². The SMILES string of the molecule is C=C(O)C1(c2ccc(-c3ccc(C(=CN)C(=NC)Nc4cncc(OC(C)C)n4)nc3)cc2C)CC1. The van der Waals surface area contributed by atoms with Gasteiger partial charge in [-0.25, -0.2) is 0 Å². The van der Waals surface area contributed by atoms with E-state index in [0.29, 0.717) is 28.8 Å². The van der Waals surface area contributed by atoms with Crippen molar-refractivity contribution in [2.45, 2.75) is 45.1 Å². The van der Waals surface area contributed by atoms with E-state index in [1.54, 1.807) is 19.4 Å². The zero-order valence-electron chi connectivity index (χ0n) is 21.1. The number of hydrogen-bond acceptors (Lipinski definition) is 7. The smallest absolute Gasteiger partial charge is 0.234 e. The molecule has 0 radical (unpaired) electrons. The maximum atomic E-state index is 10.1. The highest BCUT2D eigenvalue weighted by atomic mass is 16.5. The maximum absolute atomic E-state index is 10.1. The van der Waals surface area contributed by atoms with Crippen LogP contribution in [-0.4, -0.2) is 39.0 Å². The van der Waals surface area contributed by atoms with Gasteiger partial charge in [0.1, 0.15) is 5.84 Å². The predicted octanol–water partition coefficient (Wildman–Crippen LogP) is 5.18. The van der Waals surface area contributed by atoms with E-state index in [1.165, 1.54) is 6.20 Å². The molecule has 0 aliphatic heterocycles. The van der Waals surface area contributed by atoms with E-state index in [-0.39, 0.29) is 17.3 Å². The Morgan fingerprint density at radius 3 is 2.50 bits per heavy atom. The van der Waals surface area contributed by atoms with Gasteiger partial charge in [0.15, 0.2) is 5.82 Å². The van der Waals surface area contributed by atoms with Crippen LogP contribution >= 0.6 is 0 Å². The van der Waals surface area contributed by atoms with Gasteiger partial charge < -0.3 is 20.9 Å². The van der Waals surface area contributed by atoms with Crippen LogP contribution in [-0.2, 0) is 5.41 Å². The molecule has 1 aliphatic carbocycles. The third-order valence-electron chi connectivity index (χ3n) is 6.28. The Bertz CT molecular complexity index is 1320. The summed E-state index contributed by atoms with van der Waals surface area (Å²) in [6.45, 7) is 9.71. The lowest BCUT2D eigenvalue weighted by atomic mass is 9.88. The van der Waals surface area contributed by atoms with E-state index in [4.69, 9.17) is 10.5 Å². The van der Waals surface area contributed by atoms with Crippen LogP contribution in [0.25, 0.3) is 16.7 Å². The van der Waals surface area contributed by atoms with E-state index >= 15 is 0 Å². The molecule has 2 heterocycles. The second-order valence-electron chi connectivity index (χ2n) is 9.18. The van der Waals surface area contributed by atoms with Gasteiger partial charge in [-0.05, 0) is 56.4 Å². The summed E-state index contributed by atoms with van der Waals surface area (Å²) in [4.78, 5) is 17.6. The van der Waals surface area contributed by atoms with Crippen molar-refractivity contribution < 1.29 is 9.84 Å². The van der Waals surface area contributed by atoms with Crippen LogP contribution < -0.4 is 15.8 Å². The Labute approximate surface area is 211 Å². The number of aliphatic hydroxyl groups excluding tert-OH is 1. The third kappa shape index (κ3) is 5.07. The van der Waals surface area contributed by atoms with Gasteiger partial charge in [0.05, 0.1) is 40.9 Å². The third-order valence-corrected chi connectivity index (χ3v) is 6.28. The minimum Gasteiger partial charge on any atom is -0.512 e. The van der Waals surface area contributed by atoms with Gasteiger partial charge in [-0.2, -0.15) is 4.98 Å². The van der Waals surface area contributed by atoms with Crippen LogP contribution in [0.5, 0.6) is 5.88 Å². The number of aliphatic hydroxyl groups is 1. The van der Waals surface area contributed by atoms with Crippen LogP contribution in [0.1, 0.15) is 43.5 Å². The summed E-state index contributed by atoms with van der Waals surface area (Å²) >= 11 is 0. The summed E-state index contributed by atoms with van der Waals surface area (Å²) in [6, 6.07) is 10.2. The minimum absolute atomic E-state index is 0.0139. The first-order valence-electron chi connectivity index (χ1n) is 11.9. The van der Waals surface area contributed by atoms with Crippen LogP contribution in [0.2, 0.25) is 0 Å². The fraction of sp³-hybridized carbons (Fsp3) is 0.286. The van der Waals surface area contributed by atoms with Gasteiger partial charge in [-0.3, -0.25) is 15.0 Å². The fourth-order valence-electron chi connectivity index (χ4n) is 4.30. The molecule has 0 bridgehead atoms. The van der Waals surface area contributed by atoms with Crippen molar-refractivity contribution in [1.29, 1.82) is 0 Å². The van der Waals surface area contributed by atoms with E-state index < -0.39 is 0 Å². The van der Waals surface area contributed by atoms with Gasteiger partial charge in [0, 0.05) is 25.0 Å². The zero-order valence-corrected chi connectivity index (χ0v) is 21.1. The Balaban J connectivity index is 1.54. The molecule has 1 saturated carbocycles. The standard InChI is InChI=1S/C28H32N6O2/c1-17(2)36-26-16-31-15-25(33-26)34-27(30-5)22(13-29)24-9-7-21(14-32-24)20-6-8-23(18(3)12-20)28(10-11-28)19(4)35/h6-9,12-17,35H,4,10-11,29H2,1-3,5H3,(H,30,33,34). The first-order chi connectivity index (χ1) is 17.3. The fourth-order valence-corrected chi connectivity index (χ4v) is 4.30. The summed E-state index contributed by atoms with van der Waals surface area (Å²) in [5, 5.41) is 13.2. The number of nitrogens with two attached hydrogens (primary N) is 1. The first-order valence-corrected chi connectivity index (χ1v) is 11.9. The monoisotopic (exact) mass is 484 g/mol. The molecule has 0 spiro atoms. The van der Waals surface area contributed by atoms with Crippen molar-refractivity contribution in [3.8, 4) is 17.0 Å². The van der Waals surface area contributed by atoms with Crippen LogP contribution in [0.15, 0.2) is 72.5 Å². The Hall–Kier alpha value is -4.20. The maximum Gasteiger partial charge on any atom is 0.234 e. The number of aliphatic imine (C=N–C) groups is 1. The summed E-state index contributed by atoms with van der Waals surface area (Å²) in [7, 11) is 1.67. The van der Waals surface area contributed by atoms with E-state index in [1.807, 2.05) is 32.2 Å². The average Bonchev–Trinajstić information content (AvgIpc) is 3.66. The molecule has 2 aromatic heterocycles. The molecule has 0 unspecified atom stereocenters. The van der Waals surface area contributed by atoms with Crippen LogP contribution in [0, 0.1) is 6.92 Å². The molecular formula is C28H32N6O2. The molecule has 0 atom stereocenters. The molecular weight excluding hydrogens is 452 g/mol. The molecule has 8 nitrogen and oxygen atoms in total. The quantitative estimate of drug-likeness (QED) is 0.229. The minimum atomic E-state index is -0.279. The van der Waals surface area contributed by atoms with Crippen molar-refractivity contribution in [1.82, 2.24) is 15.0 Å². The summed E-state index contributed by atoms with van der Waals surface area (Å²) in [5.74, 6) is 1.66. The molecule has 4 rings (SSSR count). The van der Waals surface area contributed by atoms with Crippen molar-refractivity contribution in [3.63, 3.8) is 0 Å². The highest BCUT2D eigenvalue weighted by molar-refractivity contribution is 6.27. The number of nitrogens with zero attached hydrogens (tertiary/aromatic N) is 4. The lowest BCUT2D eigenvalue weighted by molar-refractivity contribution is 0.232. The summed E-state index contributed by atoms with van der Waals surface area (Å²) in [6.07, 6.45) is 8.29. The number of nitrogens with one attached hydrogen (secondary N) is 1. The molecule has 3 aromatic rings. The number of anilines is 1. The number of rotatable bonds is 8. The second kappa shape index (κ2) is 10.2. The number of aryl methyl sites for hydroxylation is 1. The summed E-state index contributed by atoms with van der Waals surface area (Å²) in [5.41, 5.74) is 11.3. The molecule has 1 fully saturated rings. The Morgan fingerprint density at radius 1 is 1.19 bits per heavy atom. The molecule has 0 saturated heterocycles. The Kier molecular flexibility index (Phi) is 7.05. The highest BCUT2D eigenvalue weighted by Gasteiger charge is 2.48. The number of pyridine rings is 1. The predicted molar refractivity (Wildman–Crippen MR) is 144 cm³/mol. The van der Waals surface area contributed by atoms with Crippen LogP contribution in [0.3, 0.4) is 0 Å². The highest BCUT2D eigenvalue weighted by Crippen LogP contribution is 2.53. The lowest BCUT2D eigenvalue weighted by Gasteiger charge is -2.18. The van der Waals surface area contributed by atoms with Gasteiger partial charge in [-0.15, -0.1) is 0 Å².